The van der Waals surface area contributed by atoms with E-state index in [1.54, 1.807) is 12.1 Å². The van der Waals surface area contributed by atoms with Crippen LogP contribution in [0, 0.1) is 10.1 Å². The summed E-state index contributed by atoms with van der Waals surface area (Å²) in [5, 5.41) is 10.9. The van der Waals surface area contributed by atoms with E-state index in [2.05, 4.69) is 11.8 Å². The topological polar surface area (TPSA) is 64.8 Å². The van der Waals surface area contributed by atoms with Gasteiger partial charge < -0.3 is 9.47 Å². The fourth-order valence-corrected chi connectivity index (χ4v) is 2.60. The summed E-state index contributed by atoms with van der Waals surface area (Å²) in [5.74, 6) is 1.55. The summed E-state index contributed by atoms with van der Waals surface area (Å²) in [6, 6.07) is 12.7. The van der Waals surface area contributed by atoms with Crippen molar-refractivity contribution in [1.82, 2.24) is 4.90 Å². The quantitative estimate of drug-likeness (QED) is 0.604. The summed E-state index contributed by atoms with van der Waals surface area (Å²) >= 11 is 0. The zero-order chi connectivity index (χ0) is 16.2. The molecule has 2 aromatic carbocycles. The van der Waals surface area contributed by atoms with Gasteiger partial charge in [-0.1, -0.05) is 25.1 Å². The molecule has 23 heavy (non-hydrogen) atoms. The number of ether oxygens (including phenoxy) is 2. The van der Waals surface area contributed by atoms with E-state index in [0.717, 1.165) is 35.7 Å². The molecular formula is C17H18N2O4. The normalized spacial score (nSPS) is 12.6. The van der Waals surface area contributed by atoms with Crippen molar-refractivity contribution < 1.29 is 14.4 Å². The zero-order valence-corrected chi connectivity index (χ0v) is 12.9. The molecule has 0 saturated carbocycles. The zero-order valence-electron chi connectivity index (χ0n) is 12.9. The Morgan fingerprint density at radius 2 is 1.83 bits per heavy atom. The second-order valence-corrected chi connectivity index (χ2v) is 5.42. The number of non-ortho nitro benzene ring substituents is 1. The third-order valence-corrected chi connectivity index (χ3v) is 3.82. The minimum absolute atomic E-state index is 0.127. The van der Waals surface area contributed by atoms with Crippen LogP contribution in [0.2, 0.25) is 0 Å². The molecule has 0 aliphatic carbocycles. The number of nitrogens with zero attached hydrogens (tertiary/aromatic N) is 2. The van der Waals surface area contributed by atoms with Gasteiger partial charge in [0.25, 0.3) is 5.69 Å². The van der Waals surface area contributed by atoms with Gasteiger partial charge >= 0.3 is 0 Å². The Kier molecular flexibility index (Phi) is 4.43. The molecule has 1 aliphatic heterocycles. The van der Waals surface area contributed by atoms with E-state index < -0.39 is 0 Å². The first-order valence-corrected chi connectivity index (χ1v) is 7.50. The number of nitro groups is 1. The van der Waals surface area contributed by atoms with Gasteiger partial charge in [-0.05, 0) is 29.8 Å². The molecule has 0 aromatic heterocycles. The first-order valence-electron chi connectivity index (χ1n) is 7.50. The van der Waals surface area contributed by atoms with Crippen molar-refractivity contribution in [2.75, 3.05) is 13.3 Å². The van der Waals surface area contributed by atoms with E-state index in [1.807, 2.05) is 24.3 Å². The van der Waals surface area contributed by atoms with Crippen LogP contribution in [0.1, 0.15) is 18.1 Å². The lowest BCUT2D eigenvalue weighted by atomic mass is 10.1. The highest BCUT2D eigenvalue weighted by Gasteiger charge is 2.15. The van der Waals surface area contributed by atoms with Crippen molar-refractivity contribution in [2.45, 2.75) is 20.0 Å². The molecule has 0 unspecified atom stereocenters. The van der Waals surface area contributed by atoms with Crippen molar-refractivity contribution in [1.29, 1.82) is 0 Å². The van der Waals surface area contributed by atoms with Crippen LogP contribution < -0.4 is 9.47 Å². The van der Waals surface area contributed by atoms with Gasteiger partial charge in [0.15, 0.2) is 11.5 Å². The maximum Gasteiger partial charge on any atom is 0.269 e. The Bertz CT molecular complexity index is 717. The maximum absolute atomic E-state index is 10.9. The monoisotopic (exact) mass is 314 g/mol. The van der Waals surface area contributed by atoms with Crippen LogP contribution in [0.4, 0.5) is 5.69 Å². The number of rotatable bonds is 6. The lowest BCUT2D eigenvalue weighted by molar-refractivity contribution is -0.384. The third-order valence-electron chi connectivity index (χ3n) is 3.82. The van der Waals surface area contributed by atoms with E-state index in [9.17, 15) is 10.1 Å². The molecule has 6 heteroatoms. The minimum atomic E-state index is -0.363. The van der Waals surface area contributed by atoms with E-state index in [1.165, 1.54) is 6.07 Å². The van der Waals surface area contributed by atoms with Gasteiger partial charge in [-0.2, -0.15) is 0 Å². The molecule has 2 aromatic rings. The smallest absolute Gasteiger partial charge is 0.269 e. The Hall–Kier alpha value is -2.60. The lowest BCUT2D eigenvalue weighted by Gasteiger charge is -2.20. The molecule has 0 atom stereocenters. The number of nitro benzene ring substituents is 1. The van der Waals surface area contributed by atoms with Crippen LogP contribution >= 0.6 is 0 Å². The summed E-state index contributed by atoms with van der Waals surface area (Å²) in [5.41, 5.74) is 2.19. The van der Waals surface area contributed by atoms with Gasteiger partial charge in [-0.3, -0.25) is 15.0 Å². The summed E-state index contributed by atoms with van der Waals surface area (Å²) in [6.45, 7) is 4.59. The maximum atomic E-state index is 10.9. The van der Waals surface area contributed by atoms with E-state index in [4.69, 9.17) is 9.47 Å². The molecule has 1 heterocycles. The molecule has 0 spiro atoms. The third kappa shape index (κ3) is 3.60. The second kappa shape index (κ2) is 6.66. The Morgan fingerprint density at radius 3 is 2.57 bits per heavy atom. The number of fused-ring (bicyclic) bond motifs is 1. The Labute approximate surface area is 134 Å². The van der Waals surface area contributed by atoms with Gasteiger partial charge in [0.2, 0.25) is 6.79 Å². The van der Waals surface area contributed by atoms with Gasteiger partial charge in [0, 0.05) is 25.2 Å². The molecule has 0 amide bonds. The van der Waals surface area contributed by atoms with Crippen LogP contribution in [0.25, 0.3) is 0 Å². The van der Waals surface area contributed by atoms with Crippen molar-refractivity contribution in [3.05, 3.63) is 63.7 Å². The summed E-state index contributed by atoms with van der Waals surface area (Å²) < 4.78 is 10.7. The molecular weight excluding hydrogens is 296 g/mol. The largest absolute Gasteiger partial charge is 0.454 e. The highest BCUT2D eigenvalue weighted by atomic mass is 16.7. The van der Waals surface area contributed by atoms with E-state index >= 15 is 0 Å². The molecule has 6 nitrogen and oxygen atoms in total. The fourth-order valence-electron chi connectivity index (χ4n) is 2.60. The molecule has 1 aliphatic rings. The average molecular weight is 314 g/mol. The van der Waals surface area contributed by atoms with Crippen molar-refractivity contribution in [3.63, 3.8) is 0 Å². The van der Waals surface area contributed by atoms with Crippen molar-refractivity contribution >= 4 is 5.69 Å². The van der Waals surface area contributed by atoms with Gasteiger partial charge in [0.1, 0.15) is 0 Å². The number of hydrogen-bond acceptors (Lipinski definition) is 5. The van der Waals surface area contributed by atoms with Crippen LogP contribution in [-0.2, 0) is 13.1 Å². The van der Waals surface area contributed by atoms with Gasteiger partial charge in [-0.25, -0.2) is 0 Å². The summed E-state index contributed by atoms with van der Waals surface area (Å²) in [7, 11) is 0. The Balaban J connectivity index is 1.70. The van der Waals surface area contributed by atoms with Gasteiger partial charge in [-0.15, -0.1) is 0 Å². The standard InChI is InChI=1S/C17H18N2O4/c1-2-18(10-13-4-3-5-15(8-13)19(20)21)11-14-6-7-16-17(9-14)23-12-22-16/h3-9H,2,10-12H2,1H3. The van der Waals surface area contributed by atoms with Crippen LogP contribution in [0.5, 0.6) is 11.5 Å². The Morgan fingerprint density at radius 1 is 1.09 bits per heavy atom. The van der Waals surface area contributed by atoms with Crippen LogP contribution in [0.15, 0.2) is 42.5 Å². The first kappa shape index (κ1) is 15.3. The molecule has 0 bridgehead atoms. The van der Waals surface area contributed by atoms with Crippen molar-refractivity contribution in [2.24, 2.45) is 0 Å². The predicted molar refractivity (Wildman–Crippen MR) is 85.4 cm³/mol. The fraction of sp³-hybridized carbons (Fsp3) is 0.294. The molecule has 3 rings (SSSR count). The molecule has 0 fully saturated rings. The average Bonchev–Trinajstić information content (AvgIpc) is 3.02. The number of benzene rings is 2. The SMILES string of the molecule is CCN(Cc1cccc([N+](=O)[O-])c1)Cc1ccc2c(c1)OCO2. The number of hydrogen-bond donors (Lipinski definition) is 0. The first-order chi connectivity index (χ1) is 11.2. The molecule has 120 valence electrons. The molecule has 0 radical (unpaired) electrons. The summed E-state index contributed by atoms with van der Waals surface area (Å²) in [4.78, 5) is 12.7. The second-order valence-electron chi connectivity index (χ2n) is 5.42. The highest BCUT2D eigenvalue weighted by molar-refractivity contribution is 5.44. The van der Waals surface area contributed by atoms with Gasteiger partial charge in [0.05, 0.1) is 4.92 Å². The minimum Gasteiger partial charge on any atom is -0.454 e. The van der Waals surface area contributed by atoms with Crippen LogP contribution in [0.3, 0.4) is 0 Å². The van der Waals surface area contributed by atoms with E-state index in [-0.39, 0.29) is 17.4 Å². The van der Waals surface area contributed by atoms with Crippen LogP contribution in [-0.4, -0.2) is 23.2 Å². The lowest BCUT2D eigenvalue weighted by Crippen LogP contribution is -2.22. The predicted octanol–water partition coefficient (Wildman–Crippen LogP) is 3.35. The summed E-state index contributed by atoms with van der Waals surface area (Å²) in [6.07, 6.45) is 0. The van der Waals surface area contributed by atoms with Crippen molar-refractivity contribution in [3.8, 4) is 11.5 Å². The van der Waals surface area contributed by atoms with E-state index in [0.29, 0.717) is 6.54 Å². The highest BCUT2D eigenvalue weighted by Crippen LogP contribution is 2.32. The molecule has 0 saturated heterocycles. The molecule has 0 N–H and O–H groups in total.